The van der Waals surface area contributed by atoms with E-state index in [2.05, 4.69) is 10.6 Å². The highest BCUT2D eigenvalue weighted by Gasteiger charge is 2.16. The molecule has 1 aromatic heterocycles. The Morgan fingerprint density at radius 1 is 1.25 bits per heavy atom. The number of hydrogen-bond donors (Lipinski definition) is 2. The van der Waals surface area contributed by atoms with E-state index in [1.165, 1.54) is 7.11 Å². The number of ether oxygens (including phenoxy) is 1. The van der Waals surface area contributed by atoms with Crippen molar-refractivity contribution in [1.29, 1.82) is 0 Å². The molecule has 24 heavy (non-hydrogen) atoms. The first-order valence-corrected chi connectivity index (χ1v) is 7.70. The third kappa shape index (κ3) is 4.16. The molecular formula is C18H22N2O4. The molecule has 2 amide bonds. The number of amides is 2. The maximum Gasteiger partial charge on any atom is 0.255 e. The van der Waals surface area contributed by atoms with Gasteiger partial charge in [0.2, 0.25) is 5.91 Å². The molecule has 2 N–H and O–H groups in total. The van der Waals surface area contributed by atoms with Gasteiger partial charge in [-0.15, -0.1) is 0 Å². The lowest BCUT2D eigenvalue weighted by molar-refractivity contribution is -0.120. The number of para-hydroxylation sites is 1. The van der Waals surface area contributed by atoms with E-state index in [9.17, 15) is 9.59 Å². The maximum absolute atomic E-state index is 12.2. The lowest BCUT2D eigenvalue weighted by Gasteiger charge is -2.14. The number of methoxy groups -OCH3 is 1. The lowest BCUT2D eigenvalue weighted by atomic mass is 10.1. The average Bonchev–Trinajstić information content (AvgIpc) is 2.91. The average molecular weight is 330 g/mol. The van der Waals surface area contributed by atoms with Crippen LogP contribution in [0.2, 0.25) is 0 Å². The Hall–Kier alpha value is -2.76. The van der Waals surface area contributed by atoms with Crippen molar-refractivity contribution in [3.05, 3.63) is 53.0 Å². The summed E-state index contributed by atoms with van der Waals surface area (Å²) >= 11 is 0. The van der Waals surface area contributed by atoms with Gasteiger partial charge in [-0.3, -0.25) is 9.59 Å². The second kappa shape index (κ2) is 7.68. The third-order valence-corrected chi connectivity index (χ3v) is 3.68. The highest BCUT2D eigenvalue weighted by atomic mass is 16.5. The van der Waals surface area contributed by atoms with E-state index >= 15 is 0 Å². The zero-order valence-electron chi connectivity index (χ0n) is 14.3. The molecule has 1 atom stereocenters. The van der Waals surface area contributed by atoms with Gasteiger partial charge in [0, 0.05) is 5.56 Å². The van der Waals surface area contributed by atoms with Gasteiger partial charge in [0.25, 0.3) is 5.91 Å². The number of carbonyl (C=O) groups is 2. The summed E-state index contributed by atoms with van der Waals surface area (Å²) in [6.07, 6.45) is 0. The Morgan fingerprint density at radius 3 is 2.58 bits per heavy atom. The first-order valence-electron chi connectivity index (χ1n) is 7.70. The molecule has 6 heteroatoms. The minimum Gasteiger partial charge on any atom is -0.496 e. The molecule has 1 heterocycles. The van der Waals surface area contributed by atoms with Gasteiger partial charge >= 0.3 is 0 Å². The fraction of sp³-hybridized carbons (Fsp3) is 0.333. The first-order chi connectivity index (χ1) is 11.4. The highest BCUT2D eigenvalue weighted by Crippen LogP contribution is 2.21. The summed E-state index contributed by atoms with van der Waals surface area (Å²) in [6, 6.07) is 8.56. The SMILES string of the molecule is COc1ccccc1C(=O)NCC(=O)N[C@@H](C)c1cc(C)oc1C. The van der Waals surface area contributed by atoms with Gasteiger partial charge in [0.1, 0.15) is 17.3 Å². The van der Waals surface area contributed by atoms with Crippen LogP contribution in [0.25, 0.3) is 0 Å². The van der Waals surface area contributed by atoms with Gasteiger partial charge in [0.05, 0.1) is 25.3 Å². The molecular weight excluding hydrogens is 308 g/mol. The molecule has 0 unspecified atom stereocenters. The maximum atomic E-state index is 12.2. The molecule has 0 fully saturated rings. The van der Waals surface area contributed by atoms with Gasteiger partial charge in [0.15, 0.2) is 0 Å². The van der Waals surface area contributed by atoms with E-state index < -0.39 is 0 Å². The van der Waals surface area contributed by atoms with Crippen LogP contribution in [-0.2, 0) is 4.79 Å². The summed E-state index contributed by atoms with van der Waals surface area (Å²) in [7, 11) is 1.50. The van der Waals surface area contributed by atoms with Crippen LogP contribution in [0.4, 0.5) is 0 Å². The van der Waals surface area contributed by atoms with Crippen LogP contribution in [0.1, 0.15) is 40.4 Å². The summed E-state index contributed by atoms with van der Waals surface area (Å²) < 4.78 is 10.6. The van der Waals surface area contributed by atoms with Crippen molar-refractivity contribution in [3.63, 3.8) is 0 Å². The lowest BCUT2D eigenvalue weighted by Crippen LogP contribution is -2.38. The van der Waals surface area contributed by atoms with E-state index in [1.54, 1.807) is 24.3 Å². The molecule has 0 radical (unpaired) electrons. The van der Waals surface area contributed by atoms with Gasteiger partial charge in [-0.05, 0) is 39.0 Å². The second-order valence-corrected chi connectivity index (χ2v) is 5.54. The number of furan rings is 1. The van der Waals surface area contributed by atoms with E-state index in [1.807, 2.05) is 26.8 Å². The first kappa shape index (κ1) is 17.6. The molecule has 1 aromatic carbocycles. The predicted molar refractivity (Wildman–Crippen MR) is 90.1 cm³/mol. The molecule has 6 nitrogen and oxygen atoms in total. The molecule has 0 spiro atoms. The zero-order chi connectivity index (χ0) is 17.7. The Bertz CT molecular complexity index is 736. The van der Waals surface area contributed by atoms with Crippen LogP contribution in [0.5, 0.6) is 5.75 Å². The monoisotopic (exact) mass is 330 g/mol. The fourth-order valence-corrected chi connectivity index (χ4v) is 2.54. The second-order valence-electron chi connectivity index (χ2n) is 5.54. The topological polar surface area (TPSA) is 80.6 Å². The van der Waals surface area contributed by atoms with Crippen LogP contribution in [0.3, 0.4) is 0 Å². The molecule has 0 aliphatic rings. The third-order valence-electron chi connectivity index (χ3n) is 3.68. The minimum absolute atomic E-state index is 0.114. The molecule has 128 valence electrons. The van der Waals surface area contributed by atoms with Crippen molar-refractivity contribution in [2.45, 2.75) is 26.8 Å². The van der Waals surface area contributed by atoms with Crippen molar-refractivity contribution >= 4 is 11.8 Å². The summed E-state index contributed by atoms with van der Waals surface area (Å²) in [6.45, 7) is 5.47. The molecule has 2 rings (SSSR count). The normalized spacial score (nSPS) is 11.7. The smallest absolute Gasteiger partial charge is 0.255 e. The van der Waals surface area contributed by atoms with E-state index in [0.717, 1.165) is 17.1 Å². The van der Waals surface area contributed by atoms with Crippen LogP contribution in [0.15, 0.2) is 34.7 Å². The molecule has 0 bridgehead atoms. The number of aryl methyl sites for hydroxylation is 2. The van der Waals surface area contributed by atoms with Gasteiger partial charge in [-0.1, -0.05) is 12.1 Å². The molecule has 0 aliphatic heterocycles. The molecule has 2 aromatic rings. The van der Waals surface area contributed by atoms with E-state index in [0.29, 0.717) is 11.3 Å². The zero-order valence-corrected chi connectivity index (χ0v) is 14.3. The highest BCUT2D eigenvalue weighted by molar-refractivity contribution is 5.98. The van der Waals surface area contributed by atoms with Gasteiger partial charge < -0.3 is 19.8 Å². The number of rotatable bonds is 6. The van der Waals surface area contributed by atoms with Crippen molar-refractivity contribution in [2.75, 3.05) is 13.7 Å². The summed E-state index contributed by atoms with van der Waals surface area (Å²) in [5.74, 6) is 1.41. The largest absolute Gasteiger partial charge is 0.496 e. The molecule has 0 saturated heterocycles. The van der Waals surface area contributed by atoms with Gasteiger partial charge in [-0.2, -0.15) is 0 Å². The molecule has 0 saturated carbocycles. The Morgan fingerprint density at radius 2 is 1.96 bits per heavy atom. The van der Waals surface area contributed by atoms with Crippen LogP contribution < -0.4 is 15.4 Å². The number of nitrogens with one attached hydrogen (secondary N) is 2. The fourth-order valence-electron chi connectivity index (χ4n) is 2.54. The van der Waals surface area contributed by atoms with Crippen LogP contribution >= 0.6 is 0 Å². The van der Waals surface area contributed by atoms with Crippen molar-refractivity contribution in [2.24, 2.45) is 0 Å². The quantitative estimate of drug-likeness (QED) is 0.853. The molecule has 0 aliphatic carbocycles. The standard InChI is InChI=1S/C18H22N2O4/c1-11-9-15(13(3)24-11)12(2)20-17(21)10-19-18(22)14-7-5-6-8-16(14)23-4/h5-9,12H,10H2,1-4H3,(H,19,22)(H,20,21)/t12-/m0/s1. The van der Waals surface area contributed by atoms with Crippen molar-refractivity contribution in [3.8, 4) is 5.75 Å². The van der Waals surface area contributed by atoms with Gasteiger partial charge in [-0.25, -0.2) is 0 Å². The predicted octanol–water partition coefficient (Wildman–Crippen LogP) is 2.51. The van der Waals surface area contributed by atoms with Crippen LogP contribution in [0, 0.1) is 13.8 Å². The number of carbonyl (C=O) groups excluding carboxylic acids is 2. The summed E-state index contributed by atoms with van der Waals surface area (Å²) in [5.41, 5.74) is 1.32. The summed E-state index contributed by atoms with van der Waals surface area (Å²) in [4.78, 5) is 24.2. The van der Waals surface area contributed by atoms with Crippen molar-refractivity contribution < 1.29 is 18.7 Å². The van der Waals surface area contributed by atoms with E-state index in [-0.39, 0.29) is 24.4 Å². The minimum atomic E-state index is -0.356. The Balaban J connectivity index is 1.91. The van der Waals surface area contributed by atoms with E-state index in [4.69, 9.17) is 9.15 Å². The Labute approximate surface area is 141 Å². The van der Waals surface area contributed by atoms with Crippen LogP contribution in [-0.4, -0.2) is 25.5 Å². The summed E-state index contributed by atoms with van der Waals surface area (Å²) in [5, 5.41) is 5.44. The number of hydrogen-bond acceptors (Lipinski definition) is 4. The Kier molecular flexibility index (Phi) is 5.63. The van der Waals surface area contributed by atoms with Crippen molar-refractivity contribution in [1.82, 2.24) is 10.6 Å². The number of benzene rings is 1.